The van der Waals surface area contributed by atoms with Crippen LogP contribution in [0.4, 0.5) is 0 Å². The Morgan fingerprint density at radius 2 is 1.86 bits per heavy atom. The number of nitrogens with one attached hydrogen (secondary N) is 2. The van der Waals surface area contributed by atoms with Crippen molar-refractivity contribution in [1.29, 1.82) is 0 Å². The van der Waals surface area contributed by atoms with Gasteiger partial charge in [0.1, 0.15) is 24.4 Å². The van der Waals surface area contributed by atoms with Crippen LogP contribution >= 0.6 is 0 Å². The molecule has 1 fully saturated rings. The first-order valence-electron chi connectivity index (χ1n) is 9.24. The van der Waals surface area contributed by atoms with Gasteiger partial charge in [-0.15, -0.1) is 0 Å². The second-order valence-electron chi connectivity index (χ2n) is 6.66. The van der Waals surface area contributed by atoms with E-state index in [9.17, 15) is 24.9 Å². The van der Waals surface area contributed by atoms with E-state index >= 15 is 0 Å². The van der Waals surface area contributed by atoms with E-state index in [1.165, 1.54) is 14.0 Å². The molecule has 172 valence electrons. The highest BCUT2D eigenvalue weighted by molar-refractivity contribution is 5.76. The first kappa shape index (κ1) is 27.7. The Hall–Kier alpha value is -1.34. The summed E-state index contributed by atoms with van der Waals surface area (Å²) in [6.07, 6.45) is -3.58. The van der Waals surface area contributed by atoms with Crippen molar-refractivity contribution in [2.45, 2.75) is 70.3 Å². The average molecular weight is 424 g/mol. The number of methoxy groups -OCH3 is 1. The molecule has 2 amide bonds. The summed E-state index contributed by atoms with van der Waals surface area (Å²) in [5, 5.41) is 43.6. The van der Waals surface area contributed by atoms with Crippen molar-refractivity contribution in [2.75, 3.05) is 33.5 Å². The van der Waals surface area contributed by atoms with E-state index in [0.717, 1.165) is 0 Å². The highest BCUT2D eigenvalue weighted by Crippen LogP contribution is 2.22. The topological polar surface area (TPSA) is 167 Å². The third kappa shape index (κ3) is 9.34. The highest BCUT2D eigenvalue weighted by Gasteiger charge is 2.45. The number of rotatable bonds is 12. The number of unbranched alkanes of at least 4 members (excludes halogenated alkanes) is 1. The maximum absolute atomic E-state index is 11.8. The molecule has 0 bridgehead atoms. The molecule has 0 saturated carbocycles. The Bertz CT molecular complexity index is 480. The maximum Gasteiger partial charge on any atom is 0.220 e. The van der Waals surface area contributed by atoms with Gasteiger partial charge in [0.25, 0.3) is 0 Å². The first-order chi connectivity index (χ1) is 13.3. The van der Waals surface area contributed by atoms with Crippen molar-refractivity contribution in [3.63, 3.8) is 0 Å². The Labute approximate surface area is 171 Å². The van der Waals surface area contributed by atoms with E-state index in [0.29, 0.717) is 12.8 Å². The van der Waals surface area contributed by atoms with Crippen molar-refractivity contribution in [3.05, 3.63) is 0 Å². The zero-order valence-corrected chi connectivity index (χ0v) is 16.2. The van der Waals surface area contributed by atoms with Crippen molar-refractivity contribution >= 4 is 11.8 Å². The lowest BCUT2D eigenvalue weighted by Crippen LogP contribution is -2.64. The van der Waals surface area contributed by atoms with Gasteiger partial charge in [0, 0.05) is 27.1 Å². The maximum atomic E-state index is 11.8. The van der Waals surface area contributed by atoms with Crippen molar-refractivity contribution < 1.29 is 44.2 Å². The Morgan fingerprint density at radius 1 is 1.17 bits per heavy atom. The van der Waals surface area contributed by atoms with Crippen LogP contribution in [0, 0.1) is 0 Å². The molecule has 29 heavy (non-hydrogen) atoms. The molecule has 1 aliphatic heterocycles. The van der Waals surface area contributed by atoms with Gasteiger partial charge in [-0.1, -0.05) is 7.43 Å². The highest BCUT2D eigenvalue weighted by atomic mass is 16.7. The molecule has 6 atom stereocenters. The van der Waals surface area contributed by atoms with Gasteiger partial charge in [0.05, 0.1) is 25.9 Å². The van der Waals surface area contributed by atoms with Crippen molar-refractivity contribution in [2.24, 2.45) is 0 Å². The van der Waals surface area contributed by atoms with Crippen molar-refractivity contribution in [1.82, 2.24) is 10.6 Å². The molecule has 11 heteroatoms. The molecule has 0 aliphatic carbocycles. The van der Waals surface area contributed by atoms with Gasteiger partial charge < -0.3 is 45.3 Å². The molecule has 1 heterocycles. The van der Waals surface area contributed by atoms with Gasteiger partial charge in [-0.05, 0) is 12.8 Å². The second kappa shape index (κ2) is 14.6. The van der Waals surface area contributed by atoms with Crippen LogP contribution in [0.1, 0.15) is 33.6 Å². The molecule has 1 saturated heterocycles. The Balaban J connectivity index is 0.00000784. The normalized spacial score (nSPS) is 27.6. The minimum atomic E-state index is -1.36. The van der Waals surface area contributed by atoms with Crippen LogP contribution in [-0.2, 0) is 23.8 Å². The third-order valence-electron chi connectivity index (χ3n) is 4.28. The first-order valence-corrected chi connectivity index (χ1v) is 9.24. The molecular formula is C18H36N2O9. The van der Waals surface area contributed by atoms with E-state index in [1.54, 1.807) is 0 Å². The minimum absolute atomic E-state index is 0. The van der Waals surface area contributed by atoms with Crippen LogP contribution in [-0.4, -0.2) is 102 Å². The fourth-order valence-electron chi connectivity index (χ4n) is 2.84. The van der Waals surface area contributed by atoms with Gasteiger partial charge in [0.15, 0.2) is 6.29 Å². The van der Waals surface area contributed by atoms with Gasteiger partial charge in [-0.2, -0.15) is 0 Å². The summed E-state index contributed by atoms with van der Waals surface area (Å²) in [4.78, 5) is 23.1. The van der Waals surface area contributed by atoms with E-state index in [4.69, 9.17) is 19.3 Å². The van der Waals surface area contributed by atoms with E-state index in [1.807, 2.05) is 0 Å². The molecule has 11 nitrogen and oxygen atoms in total. The van der Waals surface area contributed by atoms with E-state index < -0.39 is 49.2 Å². The van der Waals surface area contributed by atoms with Crippen LogP contribution in [0.5, 0.6) is 0 Å². The fraction of sp³-hybridized carbons (Fsp3) is 0.889. The number of ether oxygens (including phenoxy) is 3. The standard InChI is InChI=1S/C17H32N2O9.CH4/c1-10(22)18-14-16(25)15(24)12(8-21)28-17(14)27-6-4-3-5-13(23)19-11(7-20)9-26-2;/h11-12,14-17,20-21,24-25H,3-9H2,1-2H3,(H,18,22)(H,19,23);1H4/t11?,12?,14?,15-,16+,17+;/m0./s1. The molecule has 0 aromatic heterocycles. The number of hydrogen-bond donors (Lipinski definition) is 6. The molecule has 1 rings (SSSR count). The van der Waals surface area contributed by atoms with Crippen molar-refractivity contribution in [3.8, 4) is 0 Å². The van der Waals surface area contributed by atoms with Gasteiger partial charge in [0.2, 0.25) is 11.8 Å². The molecule has 0 aromatic carbocycles. The predicted octanol–water partition coefficient (Wildman–Crippen LogP) is -2.12. The fourth-order valence-corrected chi connectivity index (χ4v) is 2.84. The van der Waals surface area contributed by atoms with Crippen LogP contribution in [0.2, 0.25) is 0 Å². The van der Waals surface area contributed by atoms with Crippen LogP contribution in [0.25, 0.3) is 0 Å². The molecule has 6 N–H and O–H groups in total. The smallest absolute Gasteiger partial charge is 0.220 e. The monoisotopic (exact) mass is 424 g/mol. The summed E-state index contributed by atoms with van der Waals surface area (Å²) >= 11 is 0. The molecular weight excluding hydrogens is 388 g/mol. The quantitative estimate of drug-likeness (QED) is 0.192. The van der Waals surface area contributed by atoms with Crippen LogP contribution in [0.15, 0.2) is 0 Å². The average Bonchev–Trinajstić information content (AvgIpc) is 2.66. The molecule has 3 unspecified atom stereocenters. The van der Waals surface area contributed by atoms with Gasteiger partial charge in [-0.3, -0.25) is 9.59 Å². The summed E-state index contributed by atoms with van der Waals surface area (Å²) in [7, 11) is 1.48. The summed E-state index contributed by atoms with van der Waals surface area (Å²) in [5.41, 5.74) is 0. The summed E-state index contributed by atoms with van der Waals surface area (Å²) < 4.78 is 15.9. The number of aliphatic hydroxyl groups excluding tert-OH is 4. The third-order valence-corrected chi connectivity index (χ3v) is 4.28. The molecule has 0 spiro atoms. The number of hydrogen-bond acceptors (Lipinski definition) is 9. The van der Waals surface area contributed by atoms with Crippen LogP contribution < -0.4 is 10.6 Å². The summed E-state index contributed by atoms with van der Waals surface area (Å²) in [5.74, 6) is -0.651. The zero-order chi connectivity index (χ0) is 21.1. The zero-order valence-electron chi connectivity index (χ0n) is 16.2. The number of carbonyl (C=O) groups is 2. The van der Waals surface area contributed by atoms with Gasteiger partial charge >= 0.3 is 0 Å². The lowest BCUT2D eigenvalue weighted by molar-refractivity contribution is -0.270. The summed E-state index contributed by atoms with van der Waals surface area (Å²) in [6, 6.07) is -1.44. The molecule has 0 aromatic rings. The molecule has 0 radical (unpaired) electrons. The lowest BCUT2D eigenvalue weighted by Gasteiger charge is -2.42. The Morgan fingerprint density at radius 3 is 2.41 bits per heavy atom. The van der Waals surface area contributed by atoms with E-state index in [2.05, 4.69) is 10.6 Å². The van der Waals surface area contributed by atoms with Gasteiger partial charge in [-0.25, -0.2) is 0 Å². The Kier molecular flexibility index (Phi) is 13.9. The summed E-state index contributed by atoms with van der Waals surface area (Å²) in [6.45, 7) is 0.923. The minimum Gasteiger partial charge on any atom is -0.394 e. The predicted molar refractivity (Wildman–Crippen MR) is 103 cm³/mol. The molecule has 1 aliphatic rings. The number of amides is 2. The largest absolute Gasteiger partial charge is 0.394 e. The van der Waals surface area contributed by atoms with E-state index in [-0.39, 0.29) is 39.6 Å². The number of aliphatic hydroxyl groups is 4. The SMILES string of the molecule is C.COCC(CO)NC(=O)CCCCO[C@@H]1OC(CO)[C@H](O)[C@H](O)C1NC(C)=O. The lowest BCUT2D eigenvalue weighted by atomic mass is 9.97. The number of carbonyl (C=O) groups excluding carboxylic acids is 2. The second-order valence-corrected chi connectivity index (χ2v) is 6.66. The van der Waals surface area contributed by atoms with Crippen LogP contribution in [0.3, 0.4) is 0 Å².